The van der Waals surface area contributed by atoms with Crippen LogP contribution in [-0.4, -0.2) is 11.9 Å². The molecule has 0 unspecified atom stereocenters. The summed E-state index contributed by atoms with van der Waals surface area (Å²) in [6, 6.07) is 1.59. The van der Waals surface area contributed by atoms with Crippen molar-refractivity contribution in [2.75, 3.05) is 0 Å². The van der Waals surface area contributed by atoms with Crippen molar-refractivity contribution < 1.29 is 13.2 Å². The first kappa shape index (κ1) is 12.0. The summed E-state index contributed by atoms with van der Waals surface area (Å²) in [6.07, 6.45) is -3.53. The number of thiophene rings is 1. The van der Waals surface area contributed by atoms with Crippen molar-refractivity contribution in [3.8, 4) is 0 Å². The predicted octanol–water partition coefficient (Wildman–Crippen LogP) is 3.93. The van der Waals surface area contributed by atoms with E-state index in [0.29, 0.717) is 4.88 Å². The largest absolute Gasteiger partial charge is 0.418 e. The Morgan fingerprint density at radius 3 is 2.40 bits per heavy atom. The molecule has 0 radical (unpaired) electrons. The Hall–Kier alpha value is -1.10. The van der Waals surface area contributed by atoms with Crippen molar-refractivity contribution in [2.24, 2.45) is 0 Å². The zero-order valence-corrected chi connectivity index (χ0v) is 9.09. The highest BCUT2D eigenvalue weighted by Crippen LogP contribution is 2.30. The van der Waals surface area contributed by atoms with Crippen LogP contribution in [0.4, 0.5) is 13.2 Å². The van der Waals surface area contributed by atoms with E-state index in [1.807, 2.05) is 0 Å². The van der Waals surface area contributed by atoms with E-state index < -0.39 is 17.5 Å². The standard InChI is InChI=1S/C10H10F3NS/c1-3-7(10(11,12)13)9(14)8-4-6(2)5-15-8/h3-5,14H,1-2H3/b7-3+,14-9?. The summed E-state index contributed by atoms with van der Waals surface area (Å²) in [5.41, 5.74) is -0.468. The molecule has 1 N–H and O–H groups in total. The molecule has 82 valence electrons. The Morgan fingerprint density at radius 2 is 2.07 bits per heavy atom. The normalized spacial score (nSPS) is 13.0. The lowest BCUT2D eigenvalue weighted by atomic mass is 10.1. The Balaban J connectivity index is 3.04. The summed E-state index contributed by atoms with van der Waals surface area (Å²) >= 11 is 1.15. The molecule has 0 amide bonds. The van der Waals surface area contributed by atoms with Crippen molar-refractivity contribution in [1.29, 1.82) is 5.41 Å². The summed E-state index contributed by atoms with van der Waals surface area (Å²) < 4.78 is 37.4. The summed E-state index contributed by atoms with van der Waals surface area (Å²) in [6.45, 7) is 3.08. The van der Waals surface area contributed by atoms with Gasteiger partial charge in [-0.2, -0.15) is 13.2 Å². The van der Waals surface area contributed by atoms with Crippen LogP contribution in [0.2, 0.25) is 0 Å². The summed E-state index contributed by atoms with van der Waals surface area (Å²) in [5.74, 6) is 0. The van der Waals surface area contributed by atoms with Gasteiger partial charge in [0, 0.05) is 0 Å². The monoisotopic (exact) mass is 233 g/mol. The quantitative estimate of drug-likeness (QED) is 0.748. The summed E-state index contributed by atoms with van der Waals surface area (Å²) in [5, 5.41) is 9.21. The number of allylic oxidation sites excluding steroid dienone is 2. The van der Waals surface area contributed by atoms with Crippen LogP contribution in [0.1, 0.15) is 17.4 Å². The molecule has 0 aliphatic carbocycles. The maximum absolute atomic E-state index is 12.5. The third-order valence-corrected chi connectivity index (χ3v) is 2.91. The minimum Gasteiger partial charge on any atom is -0.299 e. The van der Waals surface area contributed by atoms with Gasteiger partial charge in [-0.05, 0) is 30.9 Å². The molecule has 15 heavy (non-hydrogen) atoms. The second kappa shape index (κ2) is 4.18. The maximum Gasteiger partial charge on any atom is 0.418 e. The van der Waals surface area contributed by atoms with Gasteiger partial charge in [-0.25, -0.2) is 0 Å². The first-order valence-corrected chi connectivity index (χ1v) is 5.12. The second-order valence-corrected chi connectivity index (χ2v) is 3.97. The van der Waals surface area contributed by atoms with Gasteiger partial charge in [0.15, 0.2) is 0 Å². The molecule has 0 fully saturated rings. The van der Waals surface area contributed by atoms with Crippen LogP contribution < -0.4 is 0 Å². The summed E-state index contributed by atoms with van der Waals surface area (Å²) in [4.78, 5) is 0.345. The number of hydrogen-bond acceptors (Lipinski definition) is 2. The summed E-state index contributed by atoms with van der Waals surface area (Å²) in [7, 11) is 0. The van der Waals surface area contributed by atoms with Gasteiger partial charge in [-0.1, -0.05) is 6.08 Å². The molecule has 0 aromatic carbocycles. The van der Waals surface area contributed by atoms with Crippen LogP contribution in [0, 0.1) is 12.3 Å². The third kappa shape index (κ3) is 2.68. The lowest BCUT2D eigenvalue weighted by Crippen LogP contribution is -2.19. The predicted molar refractivity (Wildman–Crippen MR) is 55.7 cm³/mol. The Labute approximate surface area is 89.8 Å². The lowest BCUT2D eigenvalue weighted by Gasteiger charge is -2.10. The van der Waals surface area contributed by atoms with E-state index in [2.05, 4.69) is 0 Å². The van der Waals surface area contributed by atoms with E-state index in [4.69, 9.17) is 5.41 Å². The number of rotatable bonds is 2. The third-order valence-electron chi connectivity index (χ3n) is 1.84. The average molecular weight is 233 g/mol. The lowest BCUT2D eigenvalue weighted by molar-refractivity contribution is -0.0861. The van der Waals surface area contributed by atoms with E-state index in [9.17, 15) is 13.2 Å². The molecule has 0 atom stereocenters. The highest BCUT2D eigenvalue weighted by Gasteiger charge is 2.36. The minimum atomic E-state index is -4.45. The van der Waals surface area contributed by atoms with Gasteiger partial charge in [0.1, 0.15) is 0 Å². The second-order valence-electron chi connectivity index (χ2n) is 3.06. The molecule has 0 spiro atoms. The van der Waals surface area contributed by atoms with Gasteiger partial charge in [0.25, 0.3) is 0 Å². The van der Waals surface area contributed by atoms with Crippen molar-refractivity contribution in [2.45, 2.75) is 20.0 Å². The van der Waals surface area contributed by atoms with E-state index in [-0.39, 0.29) is 0 Å². The van der Waals surface area contributed by atoms with Gasteiger partial charge < -0.3 is 0 Å². The van der Waals surface area contributed by atoms with Crippen LogP contribution in [0.25, 0.3) is 0 Å². The molecular formula is C10H10F3NS. The van der Waals surface area contributed by atoms with Gasteiger partial charge >= 0.3 is 6.18 Å². The van der Waals surface area contributed by atoms with Crippen LogP contribution in [-0.2, 0) is 0 Å². The molecule has 0 bridgehead atoms. The van der Waals surface area contributed by atoms with E-state index in [0.717, 1.165) is 23.0 Å². The smallest absolute Gasteiger partial charge is 0.299 e. The molecular weight excluding hydrogens is 223 g/mol. The van der Waals surface area contributed by atoms with Crippen LogP contribution >= 0.6 is 11.3 Å². The fraction of sp³-hybridized carbons (Fsp3) is 0.300. The number of nitrogens with one attached hydrogen (secondary N) is 1. The van der Waals surface area contributed by atoms with E-state index >= 15 is 0 Å². The first-order chi connectivity index (χ1) is 6.86. The zero-order valence-electron chi connectivity index (χ0n) is 8.27. The molecule has 1 rings (SSSR count). The highest BCUT2D eigenvalue weighted by molar-refractivity contribution is 7.12. The molecule has 1 heterocycles. The Bertz CT molecular complexity index is 401. The fourth-order valence-corrected chi connectivity index (χ4v) is 2.01. The van der Waals surface area contributed by atoms with Gasteiger partial charge in [-0.3, -0.25) is 5.41 Å². The molecule has 1 nitrogen and oxygen atoms in total. The zero-order chi connectivity index (χ0) is 11.6. The van der Waals surface area contributed by atoms with Gasteiger partial charge in [0.05, 0.1) is 16.2 Å². The van der Waals surface area contributed by atoms with E-state index in [1.165, 1.54) is 6.92 Å². The SMILES string of the molecule is C/C=C(\C(=N)c1cc(C)cs1)C(F)(F)F. The fourth-order valence-electron chi connectivity index (χ4n) is 1.14. The molecule has 5 heteroatoms. The van der Waals surface area contributed by atoms with Crippen molar-refractivity contribution in [1.82, 2.24) is 0 Å². The van der Waals surface area contributed by atoms with Crippen LogP contribution in [0.5, 0.6) is 0 Å². The highest BCUT2D eigenvalue weighted by atomic mass is 32.1. The molecule has 0 saturated heterocycles. The molecule has 0 aliphatic heterocycles. The molecule has 0 aliphatic rings. The number of alkyl halides is 3. The van der Waals surface area contributed by atoms with Crippen molar-refractivity contribution in [3.05, 3.63) is 33.5 Å². The molecule has 1 aromatic heterocycles. The van der Waals surface area contributed by atoms with Crippen LogP contribution in [0.15, 0.2) is 23.1 Å². The molecule has 0 saturated carbocycles. The van der Waals surface area contributed by atoms with E-state index in [1.54, 1.807) is 18.4 Å². The first-order valence-electron chi connectivity index (χ1n) is 4.24. The number of aryl methyl sites for hydroxylation is 1. The van der Waals surface area contributed by atoms with Crippen LogP contribution in [0.3, 0.4) is 0 Å². The molecule has 1 aromatic rings. The van der Waals surface area contributed by atoms with Crippen molar-refractivity contribution in [3.63, 3.8) is 0 Å². The van der Waals surface area contributed by atoms with Gasteiger partial charge in [0.2, 0.25) is 0 Å². The number of halogens is 3. The Morgan fingerprint density at radius 1 is 1.47 bits per heavy atom. The topological polar surface area (TPSA) is 23.9 Å². The Kier molecular flexibility index (Phi) is 3.34. The van der Waals surface area contributed by atoms with Crippen molar-refractivity contribution >= 4 is 17.0 Å². The van der Waals surface area contributed by atoms with Gasteiger partial charge in [-0.15, -0.1) is 11.3 Å². The average Bonchev–Trinajstić information content (AvgIpc) is 2.50. The minimum absolute atomic E-state index is 0.345. The number of hydrogen-bond donors (Lipinski definition) is 1. The maximum atomic E-state index is 12.5.